The van der Waals surface area contributed by atoms with Gasteiger partial charge in [0.1, 0.15) is 17.7 Å². The van der Waals surface area contributed by atoms with Gasteiger partial charge in [-0.15, -0.1) is 0 Å². The number of pyridine rings is 1. The SMILES string of the molecule is COc1ccc2c(c1)c[n+](CC(C)O)c1ccc(F)cc21. The summed E-state index contributed by atoms with van der Waals surface area (Å²) in [5.41, 5.74) is 0.898. The highest BCUT2D eigenvalue weighted by atomic mass is 19.1. The molecule has 1 aromatic heterocycles. The van der Waals surface area contributed by atoms with Crippen molar-refractivity contribution in [1.82, 2.24) is 0 Å². The number of ether oxygens (including phenoxy) is 1. The summed E-state index contributed by atoms with van der Waals surface area (Å²) in [6, 6.07) is 10.4. The summed E-state index contributed by atoms with van der Waals surface area (Å²) >= 11 is 0. The molecule has 3 rings (SSSR count). The molecule has 1 N–H and O–H groups in total. The van der Waals surface area contributed by atoms with E-state index in [2.05, 4.69) is 0 Å². The second kappa shape index (κ2) is 5.30. The van der Waals surface area contributed by atoms with Crippen LogP contribution < -0.4 is 9.30 Å². The van der Waals surface area contributed by atoms with Gasteiger partial charge in [-0.3, -0.25) is 0 Å². The Kier molecular flexibility index (Phi) is 3.47. The predicted octanol–water partition coefficient (Wildman–Crippen LogP) is 2.81. The summed E-state index contributed by atoms with van der Waals surface area (Å²) < 4.78 is 20.8. The zero-order chi connectivity index (χ0) is 15.0. The summed E-state index contributed by atoms with van der Waals surface area (Å²) in [5, 5.41) is 12.4. The lowest BCUT2D eigenvalue weighted by atomic mass is 10.1. The van der Waals surface area contributed by atoms with Crippen LogP contribution in [-0.2, 0) is 6.54 Å². The van der Waals surface area contributed by atoms with E-state index in [0.717, 1.165) is 27.4 Å². The van der Waals surface area contributed by atoms with Crippen LogP contribution >= 0.6 is 0 Å². The maximum Gasteiger partial charge on any atom is 0.213 e. The number of aromatic nitrogens is 1. The molecule has 108 valence electrons. The predicted molar refractivity (Wildman–Crippen MR) is 79.8 cm³/mol. The number of hydrogen-bond acceptors (Lipinski definition) is 2. The molecular weight excluding hydrogens is 269 g/mol. The molecule has 0 fully saturated rings. The van der Waals surface area contributed by atoms with Crippen LogP contribution in [0.4, 0.5) is 4.39 Å². The molecule has 21 heavy (non-hydrogen) atoms. The van der Waals surface area contributed by atoms with Gasteiger partial charge in [0.2, 0.25) is 5.52 Å². The van der Waals surface area contributed by atoms with Gasteiger partial charge < -0.3 is 9.84 Å². The van der Waals surface area contributed by atoms with Crippen LogP contribution in [0.25, 0.3) is 21.7 Å². The van der Waals surface area contributed by atoms with Gasteiger partial charge in [-0.2, -0.15) is 4.57 Å². The monoisotopic (exact) mass is 286 g/mol. The quantitative estimate of drug-likeness (QED) is 0.593. The number of methoxy groups -OCH3 is 1. The van der Waals surface area contributed by atoms with E-state index in [1.54, 1.807) is 20.1 Å². The summed E-state index contributed by atoms with van der Waals surface area (Å²) in [7, 11) is 1.62. The molecule has 0 spiro atoms. The number of benzene rings is 2. The third kappa shape index (κ3) is 2.54. The number of hydrogen-bond donors (Lipinski definition) is 1. The maximum atomic E-state index is 13.6. The van der Waals surface area contributed by atoms with E-state index >= 15 is 0 Å². The van der Waals surface area contributed by atoms with Crippen molar-refractivity contribution in [2.24, 2.45) is 0 Å². The van der Waals surface area contributed by atoms with Crippen LogP contribution in [0, 0.1) is 5.82 Å². The van der Waals surface area contributed by atoms with Crippen molar-refractivity contribution in [2.45, 2.75) is 19.6 Å². The summed E-state index contributed by atoms with van der Waals surface area (Å²) in [5.74, 6) is 0.483. The van der Waals surface area contributed by atoms with Gasteiger partial charge in [-0.05, 0) is 37.3 Å². The summed E-state index contributed by atoms with van der Waals surface area (Å²) in [6.45, 7) is 2.19. The number of fused-ring (bicyclic) bond motifs is 3. The highest BCUT2D eigenvalue weighted by Crippen LogP contribution is 2.26. The highest BCUT2D eigenvalue weighted by molar-refractivity contribution is 6.04. The van der Waals surface area contributed by atoms with Gasteiger partial charge in [0.15, 0.2) is 12.7 Å². The molecule has 0 saturated heterocycles. The number of halogens is 1. The Balaban J connectivity index is 2.37. The number of aliphatic hydroxyl groups is 1. The van der Waals surface area contributed by atoms with E-state index in [1.807, 2.05) is 29.0 Å². The molecule has 2 aromatic carbocycles. The van der Waals surface area contributed by atoms with E-state index in [0.29, 0.717) is 6.54 Å². The summed E-state index contributed by atoms with van der Waals surface area (Å²) in [4.78, 5) is 0. The molecule has 1 unspecified atom stereocenters. The molecule has 3 nitrogen and oxygen atoms in total. The molecule has 0 radical (unpaired) electrons. The minimum Gasteiger partial charge on any atom is -0.497 e. The first-order chi connectivity index (χ1) is 10.1. The molecule has 1 atom stereocenters. The number of nitrogens with zero attached hydrogens (tertiary/aromatic N) is 1. The fourth-order valence-electron chi connectivity index (χ4n) is 2.67. The van der Waals surface area contributed by atoms with Gasteiger partial charge >= 0.3 is 0 Å². The Morgan fingerprint density at radius 3 is 2.71 bits per heavy atom. The lowest BCUT2D eigenvalue weighted by molar-refractivity contribution is -0.676. The minimum absolute atomic E-state index is 0.269. The number of aliphatic hydroxyl groups excluding tert-OH is 1. The van der Waals surface area contributed by atoms with Crippen LogP contribution in [-0.4, -0.2) is 18.3 Å². The Morgan fingerprint density at radius 1 is 1.19 bits per heavy atom. The van der Waals surface area contributed by atoms with Crippen molar-refractivity contribution in [1.29, 1.82) is 0 Å². The van der Waals surface area contributed by atoms with Crippen molar-refractivity contribution < 1.29 is 18.8 Å². The average molecular weight is 286 g/mol. The second-order valence-electron chi connectivity index (χ2n) is 5.25. The van der Waals surface area contributed by atoms with E-state index in [-0.39, 0.29) is 5.82 Å². The van der Waals surface area contributed by atoms with Crippen molar-refractivity contribution in [3.63, 3.8) is 0 Å². The van der Waals surface area contributed by atoms with E-state index in [9.17, 15) is 9.50 Å². The third-order valence-corrected chi connectivity index (χ3v) is 3.57. The first-order valence-electron chi connectivity index (χ1n) is 6.86. The van der Waals surface area contributed by atoms with Crippen LogP contribution in [0.5, 0.6) is 5.75 Å². The van der Waals surface area contributed by atoms with Gasteiger partial charge in [-0.25, -0.2) is 4.39 Å². The lowest BCUT2D eigenvalue weighted by Gasteiger charge is -2.08. The average Bonchev–Trinajstić information content (AvgIpc) is 2.45. The van der Waals surface area contributed by atoms with Crippen LogP contribution in [0.2, 0.25) is 0 Å². The normalized spacial score (nSPS) is 12.8. The van der Waals surface area contributed by atoms with Crippen LogP contribution in [0.1, 0.15) is 6.92 Å². The van der Waals surface area contributed by atoms with E-state index < -0.39 is 6.10 Å². The van der Waals surface area contributed by atoms with Crippen molar-refractivity contribution in [3.05, 3.63) is 48.4 Å². The van der Waals surface area contributed by atoms with E-state index in [1.165, 1.54) is 12.1 Å². The largest absolute Gasteiger partial charge is 0.497 e. The Morgan fingerprint density at radius 2 is 2.00 bits per heavy atom. The maximum absolute atomic E-state index is 13.6. The number of rotatable bonds is 3. The van der Waals surface area contributed by atoms with Gasteiger partial charge in [-0.1, -0.05) is 0 Å². The van der Waals surface area contributed by atoms with Crippen molar-refractivity contribution in [3.8, 4) is 5.75 Å². The van der Waals surface area contributed by atoms with Crippen molar-refractivity contribution in [2.75, 3.05) is 7.11 Å². The lowest BCUT2D eigenvalue weighted by Crippen LogP contribution is -2.39. The zero-order valence-corrected chi connectivity index (χ0v) is 12.0. The molecule has 3 aromatic rings. The van der Waals surface area contributed by atoms with Gasteiger partial charge in [0.25, 0.3) is 0 Å². The smallest absolute Gasteiger partial charge is 0.213 e. The van der Waals surface area contributed by atoms with Crippen LogP contribution in [0.3, 0.4) is 0 Å². The standard InChI is InChI=1S/C17H17FNO2/c1-11(20)9-19-10-12-7-14(21-2)4-5-15(12)16-8-13(18)3-6-17(16)19/h3-8,10-11,20H,9H2,1-2H3/q+1. The fraction of sp³-hybridized carbons (Fsp3) is 0.235. The summed E-state index contributed by atoms with van der Waals surface area (Å²) in [6.07, 6.45) is 1.48. The third-order valence-electron chi connectivity index (χ3n) is 3.57. The zero-order valence-electron chi connectivity index (χ0n) is 12.0. The molecule has 0 saturated carbocycles. The Bertz CT molecular complexity index is 815. The first kappa shape index (κ1) is 13.8. The fourth-order valence-corrected chi connectivity index (χ4v) is 2.67. The molecule has 0 aliphatic heterocycles. The van der Waals surface area contributed by atoms with Gasteiger partial charge in [0.05, 0.1) is 17.9 Å². The first-order valence-corrected chi connectivity index (χ1v) is 6.86. The molecule has 1 heterocycles. The van der Waals surface area contributed by atoms with Crippen molar-refractivity contribution >= 4 is 21.7 Å². The minimum atomic E-state index is -0.480. The molecule has 0 amide bonds. The molecule has 0 aliphatic rings. The Labute approximate surface area is 122 Å². The molecule has 0 bridgehead atoms. The Hall–Kier alpha value is -2.20. The second-order valence-corrected chi connectivity index (χ2v) is 5.25. The topological polar surface area (TPSA) is 33.3 Å². The molecule has 4 heteroatoms. The van der Waals surface area contributed by atoms with Crippen LogP contribution in [0.15, 0.2) is 42.6 Å². The molecule has 0 aliphatic carbocycles. The van der Waals surface area contributed by atoms with E-state index in [4.69, 9.17) is 4.74 Å². The highest BCUT2D eigenvalue weighted by Gasteiger charge is 2.16. The molecular formula is C17H17FNO2+. The van der Waals surface area contributed by atoms with Gasteiger partial charge in [0, 0.05) is 11.5 Å².